The van der Waals surface area contributed by atoms with Gasteiger partial charge in [-0.3, -0.25) is 14.6 Å². The maximum absolute atomic E-state index is 13.1. The van der Waals surface area contributed by atoms with E-state index in [1.54, 1.807) is 0 Å². The summed E-state index contributed by atoms with van der Waals surface area (Å²) in [7, 11) is 0. The molecule has 1 heterocycles. The minimum Gasteiger partial charge on any atom is -0.480 e. The van der Waals surface area contributed by atoms with Gasteiger partial charge < -0.3 is 5.11 Å². The van der Waals surface area contributed by atoms with Gasteiger partial charge in [-0.25, -0.2) is 4.39 Å². The van der Waals surface area contributed by atoms with Gasteiger partial charge in [0, 0.05) is 11.8 Å². The lowest BCUT2D eigenvalue weighted by Crippen LogP contribution is -2.27. The van der Waals surface area contributed by atoms with E-state index in [1.807, 2.05) is 0 Å². The molecule has 0 aromatic heterocycles. The Hall–Kier alpha value is -1.75. The van der Waals surface area contributed by atoms with E-state index in [0.717, 1.165) is 12.3 Å². The van der Waals surface area contributed by atoms with Crippen molar-refractivity contribution in [2.24, 2.45) is 10.9 Å². The van der Waals surface area contributed by atoms with Crippen molar-refractivity contribution in [3.8, 4) is 0 Å². The third-order valence-corrected chi connectivity index (χ3v) is 2.50. The second kappa shape index (κ2) is 3.68. The van der Waals surface area contributed by atoms with Gasteiger partial charge in [0.15, 0.2) is 11.7 Å². The molecule has 1 aromatic rings. The van der Waals surface area contributed by atoms with Crippen molar-refractivity contribution in [3.63, 3.8) is 0 Å². The van der Waals surface area contributed by atoms with Crippen LogP contribution in [0, 0.1) is 11.7 Å². The number of hydrogen-bond acceptors (Lipinski definition) is 3. The molecule has 1 N–H and O–H groups in total. The van der Waals surface area contributed by atoms with Crippen molar-refractivity contribution < 1.29 is 19.1 Å². The summed E-state index contributed by atoms with van der Waals surface area (Å²) in [6, 6.07) is 2.10. The molecule has 0 saturated heterocycles. The molecule has 16 heavy (non-hydrogen) atoms. The molecule has 2 rings (SSSR count). The SMILES string of the molecule is O=C(O)C1C=Nc2cc(Cl)c(F)cc2C1=O. The van der Waals surface area contributed by atoms with E-state index in [1.165, 1.54) is 6.07 Å². The molecule has 82 valence electrons. The number of carboxylic acids is 1. The minimum absolute atomic E-state index is 0.0585. The summed E-state index contributed by atoms with van der Waals surface area (Å²) >= 11 is 5.52. The van der Waals surface area contributed by atoms with E-state index in [4.69, 9.17) is 16.7 Å². The van der Waals surface area contributed by atoms with Gasteiger partial charge in [-0.15, -0.1) is 0 Å². The first-order chi connectivity index (χ1) is 7.50. The fraction of sp³-hybridized carbons (Fsp3) is 0.100. The summed E-state index contributed by atoms with van der Waals surface area (Å²) in [5.74, 6) is -4.12. The molecule has 1 atom stereocenters. The van der Waals surface area contributed by atoms with Crippen molar-refractivity contribution in [3.05, 3.63) is 28.5 Å². The van der Waals surface area contributed by atoms with Crippen LogP contribution in [0.25, 0.3) is 0 Å². The van der Waals surface area contributed by atoms with Gasteiger partial charge in [0.2, 0.25) is 0 Å². The van der Waals surface area contributed by atoms with Gasteiger partial charge in [0.1, 0.15) is 5.82 Å². The molecule has 0 spiro atoms. The van der Waals surface area contributed by atoms with Crippen LogP contribution in [0.4, 0.5) is 10.1 Å². The highest BCUT2D eigenvalue weighted by Crippen LogP contribution is 2.31. The van der Waals surface area contributed by atoms with E-state index in [-0.39, 0.29) is 16.3 Å². The Bertz CT molecular complexity index is 527. The molecule has 1 unspecified atom stereocenters. The molecule has 1 aliphatic heterocycles. The third-order valence-electron chi connectivity index (χ3n) is 2.22. The number of carbonyl (C=O) groups excluding carboxylic acids is 1. The molecular formula is C10H5ClFNO3. The van der Waals surface area contributed by atoms with Crippen molar-refractivity contribution in [2.45, 2.75) is 0 Å². The highest BCUT2D eigenvalue weighted by Gasteiger charge is 2.31. The molecule has 1 aliphatic rings. The molecule has 0 saturated carbocycles. The molecule has 0 bridgehead atoms. The summed E-state index contributed by atoms with van der Waals surface area (Å²) in [6.45, 7) is 0. The van der Waals surface area contributed by atoms with Crippen molar-refractivity contribution in [2.75, 3.05) is 0 Å². The van der Waals surface area contributed by atoms with Crippen molar-refractivity contribution >= 4 is 35.3 Å². The average molecular weight is 242 g/mol. The van der Waals surface area contributed by atoms with Crippen LogP contribution >= 0.6 is 11.6 Å². The first-order valence-electron chi connectivity index (χ1n) is 4.31. The maximum Gasteiger partial charge on any atom is 0.319 e. The zero-order valence-corrected chi connectivity index (χ0v) is 8.53. The summed E-state index contributed by atoms with van der Waals surface area (Å²) < 4.78 is 13.1. The lowest BCUT2D eigenvalue weighted by molar-refractivity contribution is -0.137. The van der Waals surface area contributed by atoms with Gasteiger partial charge in [0.25, 0.3) is 0 Å². The number of Topliss-reactive ketones (excluding diaryl/α,β-unsaturated/α-hetero) is 1. The molecule has 0 radical (unpaired) electrons. The lowest BCUT2D eigenvalue weighted by atomic mass is 9.95. The predicted octanol–water partition coefficient (Wildman–Crippen LogP) is 2.08. The van der Waals surface area contributed by atoms with Crippen LogP contribution in [-0.2, 0) is 4.79 Å². The highest BCUT2D eigenvalue weighted by molar-refractivity contribution is 6.31. The standard InChI is InChI=1S/C10H5ClFNO3/c11-6-2-8-4(1-7(6)12)9(14)5(3-13-8)10(15)16/h1-3,5H,(H,15,16). The number of benzene rings is 1. The highest BCUT2D eigenvalue weighted by atomic mass is 35.5. The minimum atomic E-state index is -1.35. The van der Waals surface area contributed by atoms with Crippen LogP contribution in [-0.4, -0.2) is 23.1 Å². The van der Waals surface area contributed by atoms with E-state index in [0.29, 0.717) is 0 Å². The van der Waals surface area contributed by atoms with E-state index >= 15 is 0 Å². The molecular weight excluding hydrogens is 237 g/mol. The van der Waals surface area contributed by atoms with E-state index in [2.05, 4.69) is 4.99 Å². The van der Waals surface area contributed by atoms with Crippen LogP contribution in [0.1, 0.15) is 10.4 Å². The van der Waals surface area contributed by atoms with Gasteiger partial charge in [-0.1, -0.05) is 11.6 Å². The number of carbonyl (C=O) groups is 2. The van der Waals surface area contributed by atoms with Crippen LogP contribution in [0.5, 0.6) is 0 Å². The number of aliphatic imine (C=N–C) groups is 1. The number of nitrogens with zero attached hydrogens (tertiary/aromatic N) is 1. The van der Waals surface area contributed by atoms with E-state index < -0.39 is 23.5 Å². The summed E-state index contributed by atoms with van der Waals surface area (Å²) in [5.41, 5.74) is 0.130. The fourth-order valence-corrected chi connectivity index (χ4v) is 1.56. The summed E-state index contributed by atoms with van der Waals surface area (Å²) in [6.07, 6.45) is 1.02. The van der Waals surface area contributed by atoms with Gasteiger partial charge in [0.05, 0.1) is 10.7 Å². The van der Waals surface area contributed by atoms with Crippen molar-refractivity contribution in [1.29, 1.82) is 0 Å². The first kappa shape index (κ1) is 10.8. The topological polar surface area (TPSA) is 66.7 Å². The van der Waals surface area contributed by atoms with Gasteiger partial charge >= 0.3 is 5.97 Å². The molecule has 0 amide bonds. The number of ketones is 1. The number of halogens is 2. The maximum atomic E-state index is 13.1. The van der Waals surface area contributed by atoms with Gasteiger partial charge in [-0.05, 0) is 12.1 Å². The number of rotatable bonds is 1. The summed E-state index contributed by atoms with van der Waals surface area (Å²) in [4.78, 5) is 26.1. The van der Waals surface area contributed by atoms with Gasteiger partial charge in [-0.2, -0.15) is 0 Å². The average Bonchev–Trinajstić information content (AvgIpc) is 2.21. The molecule has 0 fully saturated rings. The number of fused-ring (bicyclic) bond motifs is 1. The molecule has 1 aromatic carbocycles. The van der Waals surface area contributed by atoms with Crippen LogP contribution < -0.4 is 0 Å². The second-order valence-corrected chi connectivity index (χ2v) is 3.65. The van der Waals surface area contributed by atoms with Crippen LogP contribution in [0.3, 0.4) is 0 Å². The van der Waals surface area contributed by atoms with E-state index in [9.17, 15) is 14.0 Å². The Labute approximate surface area is 94.4 Å². The summed E-state index contributed by atoms with van der Waals surface area (Å²) in [5, 5.41) is 8.57. The van der Waals surface area contributed by atoms with Crippen LogP contribution in [0.2, 0.25) is 5.02 Å². The third kappa shape index (κ3) is 1.59. The zero-order chi connectivity index (χ0) is 11.9. The Kier molecular flexibility index (Phi) is 2.47. The Morgan fingerprint density at radius 3 is 2.81 bits per heavy atom. The molecule has 0 aliphatic carbocycles. The lowest BCUT2D eigenvalue weighted by Gasteiger charge is -2.14. The molecule has 4 nitrogen and oxygen atoms in total. The Balaban J connectivity index is 2.56. The number of hydrogen-bond donors (Lipinski definition) is 1. The number of carboxylic acid groups (broad SMARTS) is 1. The first-order valence-corrected chi connectivity index (χ1v) is 4.68. The largest absolute Gasteiger partial charge is 0.480 e. The van der Waals surface area contributed by atoms with Crippen molar-refractivity contribution in [1.82, 2.24) is 0 Å². The Morgan fingerprint density at radius 1 is 1.50 bits per heavy atom. The number of aliphatic carboxylic acids is 1. The van der Waals surface area contributed by atoms with Crippen LogP contribution in [0.15, 0.2) is 17.1 Å². The Morgan fingerprint density at radius 2 is 2.19 bits per heavy atom. The molecule has 6 heteroatoms. The fourth-order valence-electron chi connectivity index (χ4n) is 1.41. The quantitative estimate of drug-likeness (QED) is 0.766. The predicted molar refractivity (Wildman–Crippen MR) is 55.0 cm³/mol. The monoisotopic (exact) mass is 241 g/mol. The normalized spacial score (nSPS) is 18.4. The second-order valence-electron chi connectivity index (χ2n) is 3.24. The smallest absolute Gasteiger partial charge is 0.319 e. The zero-order valence-electron chi connectivity index (χ0n) is 7.78.